The number of nitrogens with zero attached hydrogens (tertiary/aromatic N) is 3. The summed E-state index contributed by atoms with van der Waals surface area (Å²) in [6.07, 6.45) is 5.25. The Kier molecular flexibility index (Phi) is 3.10. The summed E-state index contributed by atoms with van der Waals surface area (Å²) in [6.45, 7) is 5.23. The lowest BCUT2D eigenvalue weighted by Gasteiger charge is -2.24. The van der Waals surface area contributed by atoms with Crippen LogP contribution in [0.2, 0.25) is 5.15 Å². The Hall–Kier alpha value is -0.830. The van der Waals surface area contributed by atoms with E-state index in [0.717, 1.165) is 24.3 Å². The van der Waals surface area contributed by atoms with Crippen LogP contribution in [-0.4, -0.2) is 22.6 Å². The van der Waals surface area contributed by atoms with Crippen LogP contribution in [0.3, 0.4) is 0 Å². The van der Waals surface area contributed by atoms with E-state index in [9.17, 15) is 0 Å². The van der Waals surface area contributed by atoms with Gasteiger partial charge < -0.3 is 4.90 Å². The van der Waals surface area contributed by atoms with E-state index in [-0.39, 0.29) is 0 Å². The predicted octanol–water partition coefficient (Wildman–Crippen LogP) is 2.82. The van der Waals surface area contributed by atoms with Gasteiger partial charge in [0.05, 0.1) is 0 Å². The maximum Gasteiger partial charge on any atom is 0.137 e. The summed E-state index contributed by atoms with van der Waals surface area (Å²) >= 11 is 6.01. The molecule has 1 aliphatic rings. The highest BCUT2D eigenvalue weighted by molar-refractivity contribution is 6.30. The zero-order valence-electron chi connectivity index (χ0n) is 9.20. The van der Waals surface area contributed by atoms with Gasteiger partial charge in [0.25, 0.3) is 0 Å². The van der Waals surface area contributed by atoms with E-state index in [1.54, 1.807) is 6.33 Å². The Labute approximate surface area is 95.5 Å². The Morgan fingerprint density at radius 3 is 2.80 bits per heavy atom. The van der Waals surface area contributed by atoms with E-state index in [0.29, 0.717) is 11.2 Å². The Balaban J connectivity index is 2.28. The summed E-state index contributed by atoms with van der Waals surface area (Å²) < 4.78 is 0. The van der Waals surface area contributed by atoms with Crippen molar-refractivity contribution >= 4 is 17.4 Å². The predicted molar refractivity (Wildman–Crippen MR) is 62.4 cm³/mol. The van der Waals surface area contributed by atoms with E-state index < -0.39 is 0 Å². The first-order valence-corrected chi connectivity index (χ1v) is 5.85. The molecule has 2 rings (SSSR count). The first-order chi connectivity index (χ1) is 7.24. The molecule has 1 fully saturated rings. The van der Waals surface area contributed by atoms with Crippen molar-refractivity contribution < 1.29 is 0 Å². The van der Waals surface area contributed by atoms with Gasteiger partial charge in [-0.2, -0.15) is 0 Å². The molecule has 0 saturated heterocycles. The molecule has 0 radical (unpaired) electrons. The SMILES string of the molecule is CCCN(c1ncnc(Cl)c1C)C1CC1. The first-order valence-electron chi connectivity index (χ1n) is 5.47. The minimum absolute atomic E-state index is 0.571. The van der Waals surface area contributed by atoms with Crippen LogP contribution < -0.4 is 4.90 Å². The van der Waals surface area contributed by atoms with Crippen LogP contribution in [0.4, 0.5) is 5.82 Å². The van der Waals surface area contributed by atoms with Crippen molar-refractivity contribution in [2.75, 3.05) is 11.4 Å². The van der Waals surface area contributed by atoms with Crippen molar-refractivity contribution in [1.82, 2.24) is 9.97 Å². The molecule has 1 saturated carbocycles. The topological polar surface area (TPSA) is 29.0 Å². The van der Waals surface area contributed by atoms with Gasteiger partial charge in [-0.25, -0.2) is 9.97 Å². The van der Waals surface area contributed by atoms with E-state index >= 15 is 0 Å². The van der Waals surface area contributed by atoms with Crippen LogP contribution in [0, 0.1) is 6.92 Å². The fraction of sp³-hybridized carbons (Fsp3) is 0.636. The van der Waals surface area contributed by atoms with Crippen LogP contribution in [0.25, 0.3) is 0 Å². The molecule has 3 nitrogen and oxygen atoms in total. The number of halogens is 1. The third-order valence-corrected chi connectivity index (χ3v) is 3.10. The Morgan fingerprint density at radius 1 is 1.47 bits per heavy atom. The molecule has 0 aliphatic heterocycles. The molecular formula is C11H16ClN3. The van der Waals surface area contributed by atoms with Gasteiger partial charge in [0.2, 0.25) is 0 Å². The number of rotatable bonds is 4. The molecule has 1 aromatic rings. The van der Waals surface area contributed by atoms with Crippen LogP contribution in [0.1, 0.15) is 31.7 Å². The molecule has 0 bridgehead atoms. The number of hydrogen-bond donors (Lipinski definition) is 0. The Morgan fingerprint density at radius 2 is 2.20 bits per heavy atom. The van der Waals surface area contributed by atoms with Crippen LogP contribution >= 0.6 is 11.6 Å². The smallest absolute Gasteiger partial charge is 0.137 e. The average Bonchev–Trinajstić information content (AvgIpc) is 3.03. The number of anilines is 1. The van der Waals surface area contributed by atoms with Crippen molar-refractivity contribution in [3.8, 4) is 0 Å². The molecule has 1 heterocycles. The van der Waals surface area contributed by atoms with Gasteiger partial charge in [-0.1, -0.05) is 18.5 Å². The summed E-state index contributed by atoms with van der Waals surface area (Å²) in [6, 6.07) is 0.676. The minimum atomic E-state index is 0.571. The van der Waals surface area contributed by atoms with Gasteiger partial charge in [0.1, 0.15) is 17.3 Å². The van der Waals surface area contributed by atoms with Gasteiger partial charge in [0.15, 0.2) is 0 Å². The van der Waals surface area contributed by atoms with Gasteiger partial charge in [-0.05, 0) is 26.2 Å². The lowest BCUT2D eigenvalue weighted by atomic mass is 10.3. The fourth-order valence-electron chi connectivity index (χ4n) is 1.80. The van der Waals surface area contributed by atoms with Gasteiger partial charge >= 0.3 is 0 Å². The van der Waals surface area contributed by atoms with Gasteiger partial charge in [0, 0.05) is 18.2 Å². The van der Waals surface area contributed by atoms with E-state index in [1.807, 2.05) is 6.92 Å². The average molecular weight is 226 g/mol. The third kappa shape index (κ3) is 2.23. The standard InChI is InChI=1S/C11H16ClN3/c1-3-6-15(9-4-5-9)11-8(2)10(12)13-7-14-11/h7,9H,3-6H2,1-2H3. The van der Waals surface area contributed by atoms with E-state index in [1.165, 1.54) is 12.8 Å². The monoisotopic (exact) mass is 225 g/mol. The number of aromatic nitrogens is 2. The van der Waals surface area contributed by atoms with Crippen molar-refractivity contribution in [3.63, 3.8) is 0 Å². The highest BCUT2D eigenvalue weighted by Crippen LogP contribution is 2.33. The summed E-state index contributed by atoms with van der Waals surface area (Å²) in [7, 11) is 0. The van der Waals surface area contributed by atoms with Crippen molar-refractivity contribution in [2.24, 2.45) is 0 Å². The highest BCUT2D eigenvalue weighted by Gasteiger charge is 2.30. The molecular weight excluding hydrogens is 210 g/mol. The maximum absolute atomic E-state index is 6.01. The zero-order valence-corrected chi connectivity index (χ0v) is 9.96. The molecule has 15 heavy (non-hydrogen) atoms. The van der Waals surface area contributed by atoms with Crippen LogP contribution in [0.5, 0.6) is 0 Å². The molecule has 1 aromatic heterocycles. The van der Waals surface area contributed by atoms with Crippen LogP contribution in [0.15, 0.2) is 6.33 Å². The molecule has 0 spiro atoms. The number of hydrogen-bond acceptors (Lipinski definition) is 3. The minimum Gasteiger partial charge on any atom is -0.353 e. The summed E-state index contributed by atoms with van der Waals surface area (Å²) in [5.41, 5.74) is 1.000. The van der Waals surface area contributed by atoms with Crippen LogP contribution in [-0.2, 0) is 0 Å². The first kappa shape index (κ1) is 10.7. The Bertz CT molecular complexity index is 350. The molecule has 82 valence electrons. The lowest BCUT2D eigenvalue weighted by molar-refractivity contribution is 0.745. The van der Waals surface area contributed by atoms with Gasteiger partial charge in [-0.15, -0.1) is 0 Å². The summed E-state index contributed by atoms with van der Waals surface area (Å²) in [4.78, 5) is 10.7. The largest absolute Gasteiger partial charge is 0.353 e. The second-order valence-corrected chi connectivity index (χ2v) is 4.40. The molecule has 0 N–H and O–H groups in total. The zero-order chi connectivity index (χ0) is 10.8. The van der Waals surface area contributed by atoms with E-state index in [4.69, 9.17) is 11.6 Å². The molecule has 1 aliphatic carbocycles. The second-order valence-electron chi connectivity index (χ2n) is 4.04. The quantitative estimate of drug-likeness (QED) is 0.738. The highest BCUT2D eigenvalue weighted by atomic mass is 35.5. The maximum atomic E-state index is 6.01. The molecule has 0 amide bonds. The summed E-state index contributed by atoms with van der Waals surface area (Å²) in [5, 5.41) is 0.571. The fourth-order valence-corrected chi connectivity index (χ4v) is 1.93. The normalized spacial score (nSPS) is 15.4. The second kappa shape index (κ2) is 4.35. The molecule has 4 heteroatoms. The van der Waals surface area contributed by atoms with Crippen molar-refractivity contribution in [2.45, 2.75) is 39.2 Å². The van der Waals surface area contributed by atoms with Crippen molar-refractivity contribution in [1.29, 1.82) is 0 Å². The molecule has 0 aromatic carbocycles. The van der Waals surface area contributed by atoms with Gasteiger partial charge in [-0.3, -0.25) is 0 Å². The lowest BCUT2D eigenvalue weighted by Crippen LogP contribution is -2.28. The molecule has 0 unspecified atom stereocenters. The summed E-state index contributed by atoms with van der Waals surface area (Å²) in [5.74, 6) is 1.01. The van der Waals surface area contributed by atoms with Crippen molar-refractivity contribution in [3.05, 3.63) is 17.0 Å². The third-order valence-electron chi connectivity index (χ3n) is 2.72. The molecule has 0 atom stereocenters. The van der Waals surface area contributed by atoms with E-state index in [2.05, 4.69) is 21.8 Å².